The van der Waals surface area contributed by atoms with Crippen molar-refractivity contribution in [2.75, 3.05) is 38.6 Å². The number of ether oxygens (including phenoxy) is 1. The van der Waals surface area contributed by atoms with Crippen LogP contribution in [0, 0.1) is 5.92 Å². The average Bonchev–Trinajstić information content (AvgIpc) is 3.30. The van der Waals surface area contributed by atoms with Gasteiger partial charge in [-0.3, -0.25) is 9.59 Å². The van der Waals surface area contributed by atoms with Crippen LogP contribution in [0.5, 0.6) is 0 Å². The second-order valence-electron chi connectivity index (χ2n) is 7.56. The summed E-state index contributed by atoms with van der Waals surface area (Å²) >= 11 is 0.964. The minimum absolute atomic E-state index is 0.0664. The third-order valence-corrected chi connectivity index (χ3v) is 8.35. The van der Waals surface area contributed by atoms with Crippen LogP contribution in [0.3, 0.4) is 0 Å². The number of esters is 1. The molecule has 9 nitrogen and oxygen atoms in total. The Morgan fingerprint density at radius 3 is 2.22 bits per heavy atom. The molecule has 2 amide bonds. The Morgan fingerprint density at radius 2 is 1.66 bits per heavy atom. The molecule has 1 aliphatic heterocycles. The number of hydrogen-bond acceptors (Lipinski definition) is 7. The van der Waals surface area contributed by atoms with Gasteiger partial charge in [0.15, 0.2) is 0 Å². The third-order valence-electron chi connectivity index (χ3n) is 5.04. The van der Waals surface area contributed by atoms with Crippen LogP contribution in [-0.2, 0) is 19.6 Å². The number of carbonyl (C=O) groups is 3. The Balaban J connectivity index is 1.61. The molecule has 1 fully saturated rings. The van der Waals surface area contributed by atoms with Gasteiger partial charge in [-0.1, -0.05) is 13.8 Å². The van der Waals surface area contributed by atoms with E-state index in [4.69, 9.17) is 0 Å². The van der Waals surface area contributed by atoms with Crippen molar-refractivity contribution in [3.63, 3.8) is 0 Å². The highest BCUT2D eigenvalue weighted by molar-refractivity contribution is 7.91. The Bertz CT molecular complexity index is 1100. The zero-order valence-electron chi connectivity index (χ0n) is 18.0. The summed E-state index contributed by atoms with van der Waals surface area (Å²) in [7, 11) is -2.52. The second-order valence-corrected chi connectivity index (χ2v) is 10.6. The molecule has 11 heteroatoms. The number of thiophene rings is 1. The van der Waals surface area contributed by atoms with E-state index in [0.717, 1.165) is 11.3 Å². The van der Waals surface area contributed by atoms with Gasteiger partial charge in [0, 0.05) is 48.7 Å². The topological polar surface area (TPSA) is 113 Å². The number of amides is 2. The largest absolute Gasteiger partial charge is 0.465 e. The number of methoxy groups -OCH3 is 1. The SMILES string of the molecule is COC(=O)c1csc(S(=O)(=O)N2CCN(C(=O)c3ccc(NC(=O)C(C)C)cc3)CC2)c1. The summed E-state index contributed by atoms with van der Waals surface area (Å²) < 4.78 is 31.8. The van der Waals surface area contributed by atoms with E-state index in [0.29, 0.717) is 11.3 Å². The molecule has 2 aromatic rings. The number of sulfonamides is 1. The molecular weight excluding hydrogens is 454 g/mol. The van der Waals surface area contributed by atoms with Gasteiger partial charge in [-0.15, -0.1) is 11.3 Å². The summed E-state index contributed by atoms with van der Waals surface area (Å²) in [6.45, 7) is 4.40. The molecule has 0 aliphatic carbocycles. The monoisotopic (exact) mass is 479 g/mol. The van der Waals surface area contributed by atoms with Crippen molar-refractivity contribution in [2.24, 2.45) is 5.92 Å². The summed E-state index contributed by atoms with van der Waals surface area (Å²) in [4.78, 5) is 37.8. The van der Waals surface area contributed by atoms with Crippen LogP contribution in [-0.4, -0.2) is 68.7 Å². The van der Waals surface area contributed by atoms with Crippen LogP contribution in [0.1, 0.15) is 34.6 Å². The Hall–Kier alpha value is -2.76. The molecule has 2 heterocycles. The zero-order valence-corrected chi connectivity index (χ0v) is 19.7. The molecule has 1 aromatic carbocycles. The molecule has 1 saturated heterocycles. The van der Waals surface area contributed by atoms with Crippen molar-refractivity contribution in [1.82, 2.24) is 9.21 Å². The fourth-order valence-corrected chi connectivity index (χ4v) is 5.82. The van der Waals surface area contributed by atoms with E-state index >= 15 is 0 Å². The van der Waals surface area contributed by atoms with E-state index in [-0.39, 0.29) is 53.7 Å². The van der Waals surface area contributed by atoms with Gasteiger partial charge in [0.05, 0.1) is 12.7 Å². The molecule has 0 unspecified atom stereocenters. The van der Waals surface area contributed by atoms with Crippen molar-refractivity contribution < 1.29 is 27.5 Å². The fourth-order valence-electron chi connectivity index (χ4n) is 3.10. The molecule has 0 atom stereocenters. The predicted molar refractivity (Wildman–Crippen MR) is 120 cm³/mol. The molecule has 1 aliphatic rings. The number of anilines is 1. The number of nitrogens with zero attached hydrogens (tertiary/aromatic N) is 2. The van der Waals surface area contributed by atoms with E-state index in [2.05, 4.69) is 10.1 Å². The van der Waals surface area contributed by atoms with Gasteiger partial charge in [-0.05, 0) is 30.3 Å². The number of hydrogen-bond donors (Lipinski definition) is 1. The summed E-state index contributed by atoms with van der Waals surface area (Å²) in [5, 5.41) is 4.22. The van der Waals surface area contributed by atoms with Gasteiger partial charge >= 0.3 is 5.97 Å². The average molecular weight is 480 g/mol. The van der Waals surface area contributed by atoms with Crippen molar-refractivity contribution in [3.05, 3.63) is 46.8 Å². The van der Waals surface area contributed by atoms with Crippen LogP contribution in [0.25, 0.3) is 0 Å². The smallest absolute Gasteiger partial charge is 0.338 e. The van der Waals surface area contributed by atoms with Gasteiger partial charge in [0.2, 0.25) is 5.91 Å². The van der Waals surface area contributed by atoms with E-state index in [1.807, 2.05) is 0 Å². The van der Waals surface area contributed by atoms with Crippen molar-refractivity contribution >= 4 is 44.8 Å². The lowest BCUT2D eigenvalue weighted by molar-refractivity contribution is -0.118. The summed E-state index contributed by atoms with van der Waals surface area (Å²) in [6, 6.07) is 7.93. The summed E-state index contributed by atoms with van der Waals surface area (Å²) in [5.41, 5.74) is 1.26. The summed E-state index contributed by atoms with van der Waals surface area (Å²) in [6.07, 6.45) is 0. The van der Waals surface area contributed by atoms with Crippen molar-refractivity contribution in [3.8, 4) is 0 Å². The maximum atomic E-state index is 12.9. The maximum absolute atomic E-state index is 12.9. The first-order valence-corrected chi connectivity index (χ1v) is 12.3. The van der Waals surface area contributed by atoms with Gasteiger partial charge in [-0.25, -0.2) is 13.2 Å². The lowest BCUT2D eigenvalue weighted by Crippen LogP contribution is -2.50. The van der Waals surface area contributed by atoms with Gasteiger partial charge in [0.1, 0.15) is 4.21 Å². The highest BCUT2D eigenvalue weighted by atomic mass is 32.2. The zero-order chi connectivity index (χ0) is 23.5. The first kappa shape index (κ1) is 23.9. The number of piperazine rings is 1. The molecule has 32 heavy (non-hydrogen) atoms. The molecule has 0 saturated carbocycles. The molecule has 1 N–H and O–H groups in total. The fraction of sp³-hybridized carbons (Fsp3) is 0.381. The predicted octanol–water partition coefficient (Wildman–Crippen LogP) is 2.28. The number of nitrogens with one attached hydrogen (secondary N) is 1. The quantitative estimate of drug-likeness (QED) is 0.636. The maximum Gasteiger partial charge on any atom is 0.338 e. The normalized spacial score (nSPS) is 14.9. The molecule has 0 bridgehead atoms. The first-order chi connectivity index (χ1) is 15.1. The highest BCUT2D eigenvalue weighted by Crippen LogP contribution is 2.25. The Morgan fingerprint density at radius 1 is 1.03 bits per heavy atom. The number of carbonyl (C=O) groups excluding carboxylic acids is 3. The molecule has 3 rings (SSSR count). The van der Waals surface area contributed by atoms with Crippen molar-refractivity contribution in [2.45, 2.75) is 18.1 Å². The lowest BCUT2D eigenvalue weighted by atomic mass is 10.1. The van der Waals surface area contributed by atoms with Crippen LogP contribution in [0.15, 0.2) is 39.9 Å². The van der Waals surface area contributed by atoms with Gasteiger partial charge in [0.25, 0.3) is 15.9 Å². The number of benzene rings is 1. The minimum Gasteiger partial charge on any atom is -0.465 e. The molecular formula is C21H25N3O6S2. The molecule has 172 valence electrons. The number of rotatable bonds is 6. The van der Waals surface area contributed by atoms with Crippen LogP contribution < -0.4 is 5.32 Å². The summed E-state index contributed by atoms with van der Waals surface area (Å²) in [5.74, 6) is -1.04. The van der Waals surface area contributed by atoms with Crippen LogP contribution in [0.4, 0.5) is 5.69 Å². The van der Waals surface area contributed by atoms with E-state index in [1.54, 1.807) is 43.0 Å². The van der Waals surface area contributed by atoms with Crippen molar-refractivity contribution in [1.29, 1.82) is 0 Å². The Labute approximate surface area is 191 Å². The van der Waals surface area contributed by atoms with Gasteiger partial charge in [-0.2, -0.15) is 4.31 Å². The second kappa shape index (κ2) is 9.80. The van der Waals surface area contributed by atoms with E-state index in [1.165, 1.54) is 22.9 Å². The first-order valence-electron chi connectivity index (χ1n) is 10.0. The Kier molecular flexibility index (Phi) is 7.32. The molecule has 1 aromatic heterocycles. The minimum atomic E-state index is -3.76. The third kappa shape index (κ3) is 5.17. The van der Waals surface area contributed by atoms with Gasteiger partial charge < -0.3 is 15.0 Å². The van der Waals surface area contributed by atoms with E-state index in [9.17, 15) is 22.8 Å². The molecule has 0 radical (unpaired) electrons. The standard InChI is InChI=1S/C21H25N3O6S2/c1-14(2)19(25)22-17-6-4-15(5-7-17)20(26)23-8-10-24(11-9-23)32(28,29)18-12-16(13-31-18)21(27)30-3/h4-7,12-14H,8-11H2,1-3H3,(H,22,25). The van der Waals surface area contributed by atoms with Crippen LogP contribution in [0.2, 0.25) is 0 Å². The van der Waals surface area contributed by atoms with Crippen LogP contribution >= 0.6 is 11.3 Å². The highest BCUT2D eigenvalue weighted by Gasteiger charge is 2.32. The van der Waals surface area contributed by atoms with E-state index < -0.39 is 16.0 Å². The molecule has 0 spiro atoms. The lowest BCUT2D eigenvalue weighted by Gasteiger charge is -2.33.